The number of imidazole rings is 1. The van der Waals surface area contributed by atoms with Crippen molar-refractivity contribution in [2.45, 2.75) is 58.3 Å². The molecule has 0 amide bonds. The van der Waals surface area contributed by atoms with E-state index in [-0.39, 0.29) is 0 Å². The van der Waals surface area contributed by atoms with Gasteiger partial charge in [-0.1, -0.05) is 81.5 Å². The summed E-state index contributed by atoms with van der Waals surface area (Å²) >= 11 is 0. The third-order valence-electron chi connectivity index (χ3n) is 5.38. The summed E-state index contributed by atoms with van der Waals surface area (Å²) in [6.45, 7) is 3.45. The SMILES string of the molecule is CCCCCCCCOCn1c(C(O)c2ccccc2)[n+](C)c2ccccc21. The fraction of sp³-hybridized carbons (Fsp3) is 0.458. The van der Waals surface area contributed by atoms with E-state index in [0.717, 1.165) is 35.4 Å². The zero-order valence-electron chi connectivity index (χ0n) is 17.2. The molecule has 0 saturated carbocycles. The Morgan fingerprint density at radius 1 is 0.929 bits per heavy atom. The monoisotopic (exact) mass is 381 g/mol. The van der Waals surface area contributed by atoms with Gasteiger partial charge in [-0.2, -0.15) is 4.57 Å². The molecular weight excluding hydrogens is 348 g/mol. The fourth-order valence-corrected chi connectivity index (χ4v) is 3.80. The van der Waals surface area contributed by atoms with Crippen LogP contribution in [0, 0.1) is 0 Å². The van der Waals surface area contributed by atoms with E-state index in [1.54, 1.807) is 0 Å². The molecule has 4 heteroatoms. The molecule has 0 aliphatic rings. The predicted octanol–water partition coefficient (Wildman–Crippen LogP) is 4.88. The number of hydrogen-bond acceptors (Lipinski definition) is 2. The second-order valence-electron chi connectivity index (χ2n) is 7.45. The van der Waals surface area contributed by atoms with Gasteiger partial charge in [0.2, 0.25) is 0 Å². The number of hydrogen-bond donors (Lipinski definition) is 1. The summed E-state index contributed by atoms with van der Waals surface area (Å²) in [6, 6.07) is 18.0. The number of aliphatic hydroxyl groups is 1. The van der Waals surface area contributed by atoms with Crippen LogP contribution in [-0.2, 0) is 18.5 Å². The highest BCUT2D eigenvalue weighted by Gasteiger charge is 2.29. The van der Waals surface area contributed by atoms with Crippen LogP contribution in [0.4, 0.5) is 0 Å². The lowest BCUT2D eigenvalue weighted by Crippen LogP contribution is -2.35. The van der Waals surface area contributed by atoms with Gasteiger partial charge >= 0.3 is 0 Å². The zero-order chi connectivity index (χ0) is 19.8. The molecule has 0 spiro atoms. The first kappa shape index (κ1) is 20.6. The van der Waals surface area contributed by atoms with Gasteiger partial charge in [0.15, 0.2) is 23.9 Å². The minimum atomic E-state index is -0.698. The van der Waals surface area contributed by atoms with Gasteiger partial charge in [0, 0.05) is 0 Å². The van der Waals surface area contributed by atoms with Crippen LogP contribution in [0.5, 0.6) is 0 Å². The van der Waals surface area contributed by atoms with Gasteiger partial charge < -0.3 is 9.84 Å². The molecule has 3 aromatic rings. The van der Waals surface area contributed by atoms with Crippen LogP contribution in [0.15, 0.2) is 54.6 Å². The van der Waals surface area contributed by atoms with Crippen molar-refractivity contribution in [2.24, 2.45) is 7.05 Å². The molecule has 1 atom stereocenters. The Bertz CT molecular complexity index is 858. The van der Waals surface area contributed by atoms with Crippen molar-refractivity contribution >= 4 is 11.0 Å². The number of para-hydroxylation sites is 2. The molecule has 0 aliphatic heterocycles. The van der Waals surface area contributed by atoms with Gasteiger partial charge in [-0.15, -0.1) is 0 Å². The van der Waals surface area contributed by atoms with Crippen LogP contribution in [-0.4, -0.2) is 16.3 Å². The fourth-order valence-electron chi connectivity index (χ4n) is 3.80. The Balaban J connectivity index is 1.73. The van der Waals surface area contributed by atoms with Gasteiger partial charge in [-0.05, 0) is 24.1 Å². The number of aliphatic hydroxyl groups excluding tert-OH is 1. The number of aryl methyl sites for hydroxylation is 1. The lowest BCUT2D eigenvalue weighted by Gasteiger charge is -2.11. The van der Waals surface area contributed by atoms with E-state index < -0.39 is 6.10 Å². The van der Waals surface area contributed by atoms with Gasteiger partial charge in [0.05, 0.1) is 13.7 Å². The molecule has 1 aromatic heterocycles. The largest absolute Gasteiger partial charge is 0.376 e. The lowest BCUT2D eigenvalue weighted by molar-refractivity contribution is -0.657. The average Bonchev–Trinajstić information content (AvgIpc) is 3.02. The van der Waals surface area contributed by atoms with Crippen molar-refractivity contribution < 1.29 is 14.4 Å². The highest BCUT2D eigenvalue weighted by atomic mass is 16.5. The maximum atomic E-state index is 11.1. The number of benzene rings is 2. The van der Waals surface area contributed by atoms with Gasteiger partial charge in [0.1, 0.15) is 0 Å². The Hall–Kier alpha value is -2.17. The summed E-state index contributed by atoms with van der Waals surface area (Å²) in [5.41, 5.74) is 3.06. The standard InChI is InChI=1S/C24H33N2O2/c1-3-4-5-6-7-13-18-28-19-26-22-17-12-11-16-21(22)25(2)24(26)23(27)20-14-9-8-10-15-20/h8-12,14-17,23,27H,3-7,13,18-19H2,1-2H3/q+1. The maximum absolute atomic E-state index is 11.1. The lowest BCUT2D eigenvalue weighted by atomic mass is 10.1. The van der Waals surface area contributed by atoms with E-state index in [1.165, 1.54) is 32.1 Å². The molecule has 0 radical (unpaired) electrons. The topological polar surface area (TPSA) is 38.3 Å². The van der Waals surface area contributed by atoms with Crippen molar-refractivity contribution in [1.29, 1.82) is 0 Å². The van der Waals surface area contributed by atoms with Crippen molar-refractivity contribution in [3.8, 4) is 0 Å². The Labute approximate surface area is 168 Å². The first-order valence-corrected chi connectivity index (χ1v) is 10.5. The highest BCUT2D eigenvalue weighted by molar-refractivity contribution is 5.72. The number of ether oxygens (including phenoxy) is 1. The molecule has 0 fully saturated rings. The normalized spacial score (nSPS) is 12.5. The van der Waals surface area contributed by atoms with E-state index in [0.29, 0.717) is 6.73 Å². The van der Waals surface area contributed by atoms with E-state index in [9.17, 15) is 5.11 Å². The molecule has 0 bridgehead atoms. The van der Waals surface area contributed by atoms with Gasteiger partial charge in [-0.3, -0.25) is 0 Å². The summed E-state index contributed by atoms with van der Waals surface area (Å²) in [5.74, 6) is 0.843. The molecule has 1 unspecified atom stereocenters. The average molecular weight is 382 g/mol. The molecule has 1 heterocycles. The van der Waals surface area contributed by atoms with Crippen LogP contribution < -0.4 is 4.57 Å². The zero-order valence-corrected chi connectivity index (χ0v) is 17.2. The second kappa shape index (κ2) is 10.4. The third-order valence-corrected chi connectivity index (χ3v) is 5.38. The van der Waals surface area contributed by atoms with Crippen LogP contribution in [0.25, 0.3) is 11.0 Å². The molecule has 3 rings (SSSR count). The molecular formula is C24H33N2O2+. The minimum absolute atomic E-state index is 0.454. The minimum Gasteiger partial charge on any atom is -0.376 e. The number of nitrogens with zero attached hydrogens (tertiary/aromatic N) is 2. The summed E-state index contributed by atoms with van der Waals surface area (Å²) in [4.78, 5) is 0. The molecule has 28 heavy (non-hydrogen) atoms. The van der Waals surface area contributed by atoms with Crippen molar-refractivity contribution in [3.05, 3.63) is 66.0 Å². The molecule has 0 saturated heterocycles. The van der Waals surface area contributed by atoms with Crippen LogP contribution in [0.3, 0.4) is 0 Å². The van der Waals surface area contributed by atoms with Crippen LogP contribution in [0.2, 0.25) is 0 Å². The third kappa shape index (κ3) is 4.81. The Morgan fingerprint density at radius 2 is 1.61 bits per heavy atom. The van der Waals surface area contributed by atoms with Crippen molar-refractivity contribution in [1.82, 2.24) is 4.57 Å². The number of aromatic nitrogens is 2. The summed E-state index contributed by atoms with van der Waals surface area (Å²) < 4.78 is 10.2. The van der Waals surface area contributed by atoms with Crippen molar-refractivity contribution in [2.75, 3.05) is 6.61 Å². The maximum Gasteiger partial charge on any atom is 0.293 e. The number of unbranched alkanes of at least 4 members (excludes halogenated alkanes) is 5. The van der Waals surface area contributed by atoms with Gasteiger partial charge in [-0.25, -0.2) is 4.57 Å². The quantitative estimate of drug-likeness (QED) is 0.380. The first-order chi connectivity index (χ1) is 13.7. The smallest absolute Gasteiger partial charge is 0.293 e. The van der Waals surface area contributed by atoms with Crippen LogP contribution >= 0.6 is 0 Å². The highest BCUT2D eigenvalue weighted by Crippen LogP contribution is 2.24. The number of rotatable bonds is 11. The Kier molecular flexibility index (Phi) is 7.63. The molecule has 1 N–H and O–H groups in total. The Morgan fingerprint density at radius 3 is 2.39 bits per heavy atom. The van der Waals surface area contributed by atoms with Gasteiger partial charge in [0.25, 0.3) is 5.82 Å². The predicted molar refractivity (Wildman–Crippen MR) is 113 cm³/mol. The summed E-state index contributed by atoms with van der Waals surface area (Å²) in [6.07, 6.45) is 6.83. The molecule has 4 nitrogen and oxygen atoms in total. The van der Waals surface area contributed by atoms with Crippen molar-refractivity contribution in [3.63, 3.8) is 0 Å². The number of fused-ring (bicyclic) bond motifs is 1. The summed E-state index contributed by atoms with van der Waals surface area (Å²) in [7, 11) is 2.01. The van der Waals surface area contributed by atoms with Crippen LogP contribution in [0.1, 0.15) is 62.9 Å². The summed E-state index contributed by atoms with van der Waals surface area (Å²) in [5, 5.41) is 11.1. The molecule has 150 valence electrons. The van der Waals surface area contributed by atoms with E-state index >= 15 is 0 Å². The molecule has 2 aromatic carbocycles. The second-order valence-corrected chi connectivity index (χ2v) is 7.45. The van der Waals surface area contributed by atoms with E-state index in [2.05, 4.69) is 28.2 Å². The first-order valence-electron chi connectivity index (χ1n) is 10.5. The van der Waals surface area contributed by atoms with E-state index in [1.807, 2.05) is 49.5 Å². The molecule has 0 aliphatic carbocycles. The van der Waals surface area contributed by atoms with E-state index in [4.69, 9.17) is 4.74 Å².